The van der Waals surface area contributed by atoms with Crippen molar-refractivity contribution >= 4 is 15.9 Å². The van der Waals surface area contributed by atoms with E-state index in [9.17, 15) is 13.2 Å². The lowest BCUT2D eigenvalue weighted by Gasteiger charge is -2.09. The van der Waals surface area contributed by atoms with Crippen molar-refractivity contribution in [3.63, 3.8) is 0 Å². The molecular formula is C10H6BrF3N2O. The lowest BCUT2D eigenvalue weighted by atomic mass is 10.1. The molecule has 1 aromatic carbocycles. The predicted molar refractivity (Wildman–Crippen MR) is 57.4 cm³/mol. The molecule has 0 saturated carbocycles. The number of halogens is 4. The molecule has 1 heterocycles. The summed E-state index contributed by atoms with van der Waals surface area (Å²) in [5.41, 5.74) is -0.863. The van der Waals surface area contributed by atoms with Crippen molar-refractivity contribution in [2.75, 3.05) is 0 Å². The molecule has 2 rings (SSSR count). The number of nitrogens with zero attached hydrogens (tertiary/aromatic N) is 2. The van der Waals surface area contributed by atoms with Crippen LogP contribution in [0, 0.1) is 0 Å². The second-order valence-corrected chi connectivity index (χ2v) is 3.75. The van der Waals surface area contributed by atoms with E-state index in [1.165, 1.54) is 18.2 Å². The normalized spacial score (nSPS) is 11.8. The van der Waals surface area contributed by atoms with E-state index in [2.05, 4.69) is 26.1 Å². The van der Waals surface area contributed by atoms with Crippen molar-refractivity contribution in [2.24, 2.45) is 0 Å². The maximum Gasteiger partial charge on any atom is 0.417 e. The summed E-state index contributed by atoms with van der Waals surface area (Å²) in [6, 6.07) is 5.11. The zero-order valence-electron chi connectivity index (χ0n) is 8.33. The smallest absolute Gasteiger partial charge is 0.338 e. The van der Waals surface area contributed by atoms with Gasteiger partial charge in [0.15, 0.2) is 0 Å². The van der Waals surface area contributed by atoms with Gasteiger partial charge in [0.25, 0.3) is 0 Å². The maximum atomic E-state index is 12.7. The predicted octanol–water partition coefficient (Wildman–Crippen LogP) is 3.65. The SMILES string of the molecule is FC(F)(F)c1ccccc1-c1noc(CBr)n1. The van der Waals surface area contributed by atoms with E-state index in [4.69, 9.17) is 4.52 Å². The van der Waals surface area contributed by atoms with Gasteiger partial charge in [0.05, 0.1) is 10.9 Å². The van der Waals surface area contributed by atoms with Gasteiger partial charge >= 0.3 is 6.18 Å². The highest BCUT2D eigenvalue weighted by Crippen LogP contribution is 2.35. The third-order valence-electron chi connectivity index (χ3n) is 2.06. The fraction of sp³-hybridized carbons (Fsp3) is 0.200. The number of alkyl halides is 4. The van der Waals surface area contributed by atoms with Gasteiger partial charge in [-0.3, -0.25) is 0 Å². The Morgan fingerprint density at radius 1 is 1.24 bits per heavy atom. The molecule has 0 fully saturated rings. The Morgan fingerprint density at radius 2 is 1.94 bits per heavy atom. The van der Waals surface area contributed by atoms with Crippen LogP contribution in [0.1, 0.15) is 11.5 Å². The van der Waals surface area contributed by atoms with E-state index in [-0.39, 0.29) is 17.3 Å². The van der Waals surface area contributed by atoms with Crippen LogP contribution >= 0.6 is 15.9 Å². The van der Waals surface area contributed by atoms with Crippen molar-refractivity contribution in [3.8, 4) is 11.4 Å². The van der Waals surface area contributed by atoms with Crippen LogP contribution in [0.3, 0.4) is 0 Å². The fourth-order valence-corrected chi connectivity index (χ4v) is 1.57. The van der Waals surface area contributed by atoms with Crippen molar-refractivity contribution in [2.45, 2.75) is 11.5 Å². The molecule has 3 nitrogen and oxygen atoms in total. The highest BCUT2D eigenvalue weighted by Gasteiger charge is 2.34. The van der Waals surface area contributed by atoms with Crippen molar-refractivity contribution < 1.29 is 17.7 Å². The monoisotopic (exact) mass is 306 g/mol. The molecular weight excluding hydrogens is 301 g/mol. The molecule has 0 aliphatic heterocycles. The number of aromatic nitrogens is 2. The van der Waals surface area contributed by atoms with Crippen LogP contribution in [0.5, 0.6) is 0 Å². The molecule has 0 bridgehead atoms. The topological polar surface area (TPSA) is 38.9 Å². The average molecular weight is 307 g/mol. The van der Waals surface area contributed by atoms with Crippen LogP contribution in [0.25, 0.3) is 11.4 Å². The Morgan fingerprint density at radius 3 is 2.53 bits per heavy atom. The van der Waals surface area contributed by atoms with E-state index in [0.29, 0.717) is 5.33 Å². The van der Waals surface area contributed by atoms with Crippen molar-refractivity contribution in [3.05, 3.63) is 35.7 Å². The van der Waals surface area contributed by atoms with Crippen LogP contribution < -0.4 is 0 Å². The van der Waals surface area contributed by atoms with E-state index in [1.807, 2.05) is 0 Å². The molecule has 0 saturated heterocycles. The quantitative estimate of drug-likeness (QED) is 0.795. The van der Waals surface area contributed by atoms with E-state index < -0.39 is 11.7 Å². The Kier molecular flexibility index (Phi) is 3.19. The molecule has 90 valence electrons. The zero-order chi connectivity index (χ0) is 12.5. The number of rotatable bonds is 2. The summed E-state index contributed by atoms with van der Waals surface area (Å²) in [4.78, 5) is 3.85. The highest BCUT2D eigenvalue weighted by atomic mass is 79.9. The second-order valence-electron chi connectivity index (χ2n) is 3.19. The largest absolute Gasteiger partial charge is 0.417 e. The number of hydrogen-bond acceptors (Lipinski definition) is 3. The molecule has 7 heteroatoms. The minimum atomic E-state index is -4.44. The van der Waals surface area contributed by atoms with Crippen LogP contribution in [0.2, 0.25) is 0 Å². The lowest BCUT2D eigenvalue weighted by Crippen LogP contribution is -2.07. The summed E-state index contributed by atoms with van der Waals surface area (Å²) in [7, 11) is 0. The van der Waals surface area contributed by atoms with Gasteiger partial charge in [0.1, 0.15) is 0 Å². The summed E-state index contributed by atoms with van der Waals surface area (Å²) in [5, 5.41) is 3.82. The highest BCUT2D eigenvalue weighted by molar-refractivity contribution is 9.08. The standard InChI is InChI=1S/C10H6BrF3N2O/c11-5-8-15-9(16-17-8)6-3-1-2-4-7(6)10(12,13)14/h1-4H,5H2. The van der Waals surface area contributed by atoms with Crippen LogP contribution in [-0.4, -0.2) is 10.1 Å². The molecule has 1 aromatic heterocycles. The molecule has 0 atom stereocenters. The molecule has 0 aliphatic carbocycles. The van der Waals surface area contributed by atoms with Crippen LogP contribution in [-0.2, 0) is 11.5 Å². The van der Waals surface area contributed by atoms with Crippen LogP contribution in [0.4, 0.5) is 13.2 Å². The van der Waals surface area contributed by atoms with Gasteiger partial charge in [-0.15, -0.1) is 0 Å². The summed E-state index contributed by atoms with van der Waals surface area (Å²) >= 11 is 3.08. The maximum absolute atomic E-state index is 12.7. The minimum absolute atomic E-state index is 0.0626. The first kappa shape index (κ1) is 12.1. The molecule has 0 unspecified atom stereocenters. The van der Waals surface area contributed by atoms with Crippen molar-refractivity contribution in [1.82, 2.24) is 10.1 Å². The molecule has 17 heavy (non-hydrogen) atoms. The van der Waals surface area contributed by atoms with E-state index in [1.54, 1.807) is 0 Å². The van der Waals surface area contributed by atoms with E-state index in [0.717, 1.165) is 6.07 Å². The number of benzene rings is 1. The van der Waals surface area contributed by atoms with Gasteiger partial charge in [-0.1, -0.05) is 39.3 Å². The van der Waals surface area contributed by atoms with Gasteiger partial charge < -0.3 is 4.52 Å². The first-order valence-electron chi connectivity index (χ1n) is 4.57. The molecule has 0 aliphatic rings. The van der Waals surface area contributed by atoms with Gasteiger partial charge in [-0.25, -0.2) is 0 Å². The summed E-state index contributed by atoms with van der Waals surface area (Å²) in [6.45, 7) is 0. The Balaban J connectivity index is 2.52. The Hall–Kier alpha value is -1.37. The van der Waals surface area contributed by atoms with Gasteiger partial charge in [0.2, 0.25) is 11.7 Å². The van der Waals surface area contributed by atoms with E-state index >= 15 is 0 Å². The first-order chi connectivity index (χ1) is 8.02. The average Bonchev–Trinajstić information content (AvgIpc) is 2.76. The molecule has 0 radical (unpaired) electrons. The number of hydrogen-bond donors (Lipinski definition) is 0. The van der Waals surface area contributed by atoms with Gasteiger partial charge in [0, 0.05) is 5.56 Å². The van der Waals surface area contributed by atoms with Crippen LogP contribution in [0.15, 0.2) is 28.8 Å². The third-order valence-corrected chi connectivity index (χ3v) is 2.54. The molecule has 0 amide bonds. The zero-order valence-corrected chi connectivity index (χ0v) is 9.92. The Labute approximate surface area is 103 Å². The third kappa shape index (κ3) is 2.49. The molecule has 2 aromatic rings. The lowest BCUT2D eigenvalue weighted by molar-refractivity contribution is -0.137. The minimum Gasteiger partial charge on any atom is -0.338 e. The summed E-state index contributed by atoms with van der Waals surface area (Å²) in [5.74, 6) is 0.171. The molecule has 0 spiro atoms. The van der Waals surface area contributed by atoms with Crippen molar-refractivity contribution in [1.29, 1.82) is 0 Å². The summed E-state index contributed by atoms with van der Waals surface area (Å²) < 4.78 is 42.9. The van der Waals surface area contributed by atoms with Gasteiger partial charge in [-0.05, 0) is 6.07 Å². The fourth-order valence-electron chi connectivity index (χ4n) is 1.34. The Bertz CT molecular complexity index is 524. The van der Waals surface area contributed by atoms with Gasteiger partial charge in [-0.2, -0.15) is 18.2 Å². The first-order valence-corrected chi connectivity index (χ1v) is 5.69. The molecule has 0 N–H and O–H groups in total. The summed E-state index contributed by atoms with van der Waals surface area (Å²) in [6.07, 6.45) is -4.44. The second kappa shape index (κ2) is 4.48.